The molecule has 0 fully saturated rings. The van der Waals surface area contributed by atoms with E-state index < -0.39 is 0 Å². The van der Waals surface area contributed by atoms with Gasteiger partial charge in [0.25, 0.3) is 0 Å². The average Bonchev–Trinajstić information content (AvgIpc) is 3.44. The molecule has 0 N–H and O–H groups in total. The van der Waals surface area contributed by atoms with Crippen LogP contribution in [-0.2, 0) is 33.9 Å². The number of amides is 2. The molecule has 7 nitrogen and oxygen atoms in total. The number of hydrogen-bond donors (Lipinski definition) is 0. The Morgan fingerprint density at radius 3 is 2.29 bits per heavy atom. The molecule has 2 amide bonds. The van der Waals surface area contributed by atoms with E-state index in [1.807, 2.05) is 84.8 Å². The fraction of sp³-hybridized carbons (Fsp3) is 0.400. The zero-order valence-corrected chi connectivity index (χ0v) is 23.5. The van der Waals surface area contributed by atoms with Gasteiger partial charge in [-0.2, -0.15) is 0 Å². The van der Waals surface area contributed by atoms with Crippen LogP contribution >= 0.6 is 11.3 Å². The minimum atomic E-state index is -0.182. The smallest absolute Gasteiger partial charge is 0.249 e. The fourth-order valence-electron chi connectivity index (χ4n) is 4.06. The van der Waals surface area contributed by atoms with Crippen LogP contribution in [-0.4, -0.2) is 62.1 Å². The molecule has 204 valence electrons. The van der Waals surface area contributed by atoms with Gasteiger partial charge in [0.15, 0.2) is 11.5 Å². The lowest BCUT2D eigenvalue weighted by molar-refractivity contribution is -0.144. The Labute approximate surface area is 229 Å². The Balaban J connectivity index is 1.66. The van der Waals surface area contributed by atoms with E-state index in [-0.39, 0.29) is 30.9 Å². The van der Waals surface area contributed by atoms with E-state index in [0.29, 0.717) is 44.2 Å². The number of rotatable bonds is 15. The average molecular weight is 539 g/mol. The number of carbonyl (C=O) groups is 2. The second kappa shape index (κ2) is 15.1. The van der Waals surface area contributed by atoms with Crippen LogP contribution in [0.2, 0.25) is 0 Å². The van der Waals surface area contributed by atoms with Gasteiger partial charge in [-0.05, 0) is 47.0 Å². The predicted molar refractivity (Wildman–Crippen MR) is 151 cm³/mol. The Bertz CT molecular complexity index is 1130. The van der Waals surface area contributed by atoms with E-state index in [4.69, 9.17) is 14.2 Å². The molecule has 0 aliphatic carbocycles. The van der Waals surface area contributed by atoms with Crippen molar-refractivity contribution in [2.75, 3.05) is 40.5 Å². The first-order valence-electron chi connectivity index (χ1n) is 12.8. The molecule has 1 heterocycles. The zero-order valence-electron chi connectivity index (χ0n) is 22.7. The summed E-state index contributed by atoms with van der Waals surface area (Å²) in [7, 11) is 3.22. The van der Waals surface area contributed by atoms with Gasteiger partial charge < -0.3 is 24.0 Å². The summed E-state index contributed by atoms with van der Waals surface area (Å²) in [5, 5.41) is 2.00. The molecule has 8 heteroatoms. The molecular weight excluding hydrogens is 500 g/mol. The number of benzene rings is 2. The topological polar surface area (TPSA) is 68.3 Å². The van der Waals surface area contributed by atoms with E-state index >= 15 is 0 Å². The third-order valence-electron chi connectivity index (χ3n) is 6.00. The summed E-state index contributed by atoms with van der Waals surface area (Å²) < 4.78 is 16.5. The third-order valence-corrected chi connectivity index (χ3v) is 6.86. The van der Waals surface area contributed by atoms with Crippen LogP contribution in [0.5, 0.6) is 11.5 Å². The number of methoxy groups -OCH3 is 2. The van der Waals surface area contributed by atoms with Gasteiger partial charge in [-0.25, -0.2) is 0 Å². The van der Waals surface area contributed by atoms with Crippen molar-refractivity contribution in [3.63, 3.8) is 0 Å². The number of carbonyl (C=O) groups excluding carboxylic acids is 2. The SMILES string of the molecule is COc1ccc(CCN(Cc2cccs2)C(=O)CN(CC(C)C)C(=O)COCc2ccccc2)cc1OC. The molecule has 0 aliphatic heterocycles. The van der Waals surface area contributed by atoms with Crippen molar-refractivity contribution in [2.24, 2.45) is 5.92 Å². The second-order valence-electron chi connectivity index (χ2n) is 9.48. The first kappa shape index (κ1) is 29.2. The maximum Gasteiger partial charge on any atom is 0.249 e. The van der Waals surface area contributed by atoms with E-state index in [2.05, 4.69) is 0 Å². The maximum atomic E-state index is 13.6. The van der Waals surface area contributed by atoms with Gasteiger partial charge in [-0.15, -0.1) is 11.3 Å². The van der Waals surface area contributed by atoms with Crippen LogP contribution in [0.25, 0.3) is 0 Å². The highest BCUT2D eigenvalue weighted by atomic mass is 32.1. The lowest BCUT2D eigenvalue weighted by atomic mass is 10.1. The van der Waals surface area contributed by atoms with Gasteiger partial charge in [0, 0.05) is 18.0 Å². The number of nitrogens with zero attached hydrogens (tertiary/aromatic N) is 2. The lowest BCUT2D eigenvalue weighted by Gasteiger charge is -2.28. The standard InChI is InChI=1S/C30H38N2O5S/c1-23(2)18-32(30(34)22-37-21-25-9-6-5-7-10-25)20-29(33)31(19-26-11-8-16-38-26)15-14-24-12-13-27(35-3)28(17-24)36-4/h5-13,16-17,23H,14-15,18-22H2,1-4H3. The number of ether oxygens (including phenoxy) is 3. The Kier molecular flexibility index (Phi) is 11.6. The number of hydrogen-bond acceptors (Lipinski definition) is 6. The molecule has 3 rings (SSSR count). The molecule has 0 unspecified atom stereocenters. The van der Waals surface area contributed by atoms with E-state index in [1.54, 1.807) is 30.5 Å². The quantitative estimate of drug-likeness (QED) is 0.271. The van der Waals surface area contributed by atoms with Crippen molar-refractivity contribution in [1.29, 1.82) is 0 Å². The second-order valence-corrected chi connectivity index (χ2v) is 10.5. The third kappa shape index (κ3) is 9.19. The van der Waals surface area contributed by atoms with E-state index in [1.165, 1.54) is 0 Å². The highest BCUT2D eigenvalue weighted by Crippen LogP contribution is 2.28. The summed E-state index contributed by atoms with van der Waals surface area (Å²) in [5.41, 5.74) is 2.04. The summed E-state index contributed by atoms with van der Waals surface area (Å²) in [5.74, 6) is 1.28. The molecule has 0 bridgehead atoms. The largest absolute Gasteiger partial charge is 0.493 e. The van der Waals surface area contributed by atoms with Gasteiger partial charge in [0.05, 0.1) is 33.9 Å². The summed E-state index contributed by atoms with van der Waals surface area (Å²) in [6.07, 6.45) is 0.649. The van der Waals surface area contributed by atoms with Crippen molar-refractivity contribution in [1.82, 2.24) is 9.80 Å². The van der Waals surface area contributed by atoms with Crippen LogP contribution in [0.15, 0.2) is 66.0 Å². The lowest BCUT2D eigenvalue weighted by Crippen LogP contribution is -2.45. The summed E-state index contributed by atoms with van der Waals surface area (Å²) in [6, 6.07) is 19.5. The highest BCUT2D eigenvalue weighted by molar-refractivity contribution is 7.09. The minimum absolute atomic E-state index is 0.0169. The van der Waals surface area contributed by atoms with E-state index in [9.17, 15) is 9.59 Å². The molecule has 0 atom stereocenters. The van der Waals surface area contributed by atoms with Crippen molar-refractivity contribution >= 4 is 23.2 Å². The monoisotopic (exact) mass is 538 g/mol. The van der Waals surface area contributed by atoms with Gasteiger partial charge >= 0.3 is 0 Å². The first-order chi connectivity index (χ1) is 18.4. The van der Waals surface area contributed by atoms with Gasteiger partial charge in [0.1, 0.15) is 6.61 Å². The molecule has 38 heavy (non-hydrogen) atoms. The molecule has 0 aliphatic rings. The molecule has 0 saturated carbocycles. The van der Waals surface area contributed by atoms with Gasteiger partial charge in [-0.3, -0.25) is 9.59 Å². The Morgan fingerprint density at radius 1 is 0.868 bits per heavy atom. The Morgan fingerprint density at radius 2 is 1.63 bits per heavy atom. The minimum Gasteiger partial charge on any atom is -0.493 e. The van der Waals surface area contributed by atoms with Crippen LogP contribution in [0, 0.1) is 5.92 Å². The molecule has 1 aromatic heterocycles. The maximum absolute atomic E-state index is 13.6. The van der Waals surface area contributed by atoms with Crippen molar-refractivity contribution < 1.29 is 23.8 Å². The molecule has 3 aromatic rings. The summed E-state index contributed by atoms with van der Waals surface area (Å²) >= 11 is 1.62. The fourth-order valence-corrected chi connectivity index (χ4v) is 4.78. The van der Waals surface area contributed by atoms with Crippen molar-refractivity contribution in [3.05, 3.63) is 82.0 Å². The van der Waals surface area contributed by atoms with E-state index in [0.717, 1.165) is 16.0 Å². The summed E-state index contributed by atoms with van der Waals surface area (Å²) in [4.78, 5) is 31.2. The van der Waals surface area contributed by atoms with Crippen molar-refractivity contribution in [3.8, 4) is 11.5 Å². The predicted octanol–water partition coefficient (Wildman–Crippen LogP) is 5.04. The highest BCUT2D eigenvalue weighted by Gasteiger charge is 2.23. The van der Waals surface area contributed by atoms with Crippen LogP contribution in [0.3, 0.4) is 0 Å². The molecule has 0 radical (unpaired) electrons. The molecule has 0 spiro atoms. The summed E-state index contributed by atoms with van der Waals surface area (Å²) in [6.45, 7) is 5.88. The molecule has 2 aromatic carbocycles. The normalized spacial score (nSPS) is 10.9. The van der Waals surface area contributed by atoms with Crippen molar-refractivity contribution in [2.45, 2.75) is 33.4 Å². The van der Waals surface area contributed by atoms with Crippen LogP contribution in [0.4, 0.5) is 0 Å². The first-order valence-corrected chi connectivity index (χ1v) is 13.7. The number of thiophene rings is 1. The molecule has 0 saturated heterocycles. The Hall–Kier alpha value is -3.36. The molecular formula is C30H38N2O5S. The van der Waals surface area contributed by atoms with Gasteiger partial charge in [-0.1, -0.05) is 56.3 Å². The van der Waals surface area contributed by atoms with Crippen LogP contribution < -0.4 is 9.47 Å². The van der Waals surface area contributed by atoms with Crippen LogP contribution in [0.1, 0.15) is 29.9 Å². The van der Waals surface area contributed by atoms with Gasteiger partial charge in [0.2, 0.25) is 11.8 Å². The zero-order chi connectivity index (χ0) is 27.3.